The number of nitrogens with two attached hydrogens (primary N) is 1. The Morgan fingerprint density at radius 1 is 1.05 bits per heavy atom. The van der Waals surface area contributed by atoms with E-state index in [0.717, 1.165) is 18.6 Å². The number of anilines is 1. The second kappa shape index (κ2) is 10.3. The molecule has 3 aromatic heterocycles. The third kappa shape index (κ3) is 5.44. The number of carbonyl (C=O) groups is 2. The van der Waals surface area contributed by atoms with E-state index in [1.54, 1.807) is 19.1 Å². The highest BCUT2D eigenvalue weighted by Crippen LogP contribution is 2.44. The zero-order valence-corrected chi connectivity index (χ0v) is 20.8. The van der Waals surface area contributed by atoms with Gasteiger partial charge in [-0.2, -0.15) is 18.3 Å². The second-order valence-electron chi connectivity index (χ2n) is 8.47. The number of hydrogen-bond donors (Lipinski definition) is 2. The number of rotatable bonds is 7. The van der Waals surface area contributed by atoms with Gasteiger partial charge in [0.1, 0.15) is 32.8 Å². The first-order valence-electron chi connectivity index (χ1n) is 11.1. The van der Waals surface area contributed by atoms with E-state index in [1.807, 2.05) is 0 Å². The Morgan fingerprint density at radius 3 is 2.23 bits per heavy atom. The Bertz CT molecular complexity index is 1560. The lowest BCUT2D eigenvalue weighted by atomic mass is 10.00. The van der Waals surface area contributed by atoms with Gasteiger partial charge in [0.2, 0.25) is 5.91 Å². The Morgan fingerprint density at radius 2 is 1.69 bits per heavy atom. The van der Waals surface area contributed by atoms with Crippen molar-refractivity contribution >= 4 is 39.1 Å². The molecule has 0 saturated carbocycles. The molecule has 0 aliphatic carbocycles. The summed E-state index contributed by atoms with van der Waals surface area (Å²) in [5, 5.41) is 5.72. The van der Waals surface area contributed by atoms with E-state index in [0.29, 0.717) is 27.6 Å². The summed E-state index contributed by atoms with van der Waals surface area (Å²) in [6.45, 7) is 2.86. The average molecular weight is 573 g/mol. The van der Waals surface area contributed by atoms with Crippen LogP contribution >= 0.6 is 11.3 Å². The van der Waals surface area contributed by atoms with Gasteiger partial charge in [0, 0.05) is 5.39 Å². The minimum Gasteiger partial charge on any atom is -0.365 e. The highest BCUT2D eigenvalue weighted by molar-refractivity contribution is 7.21. The van der Waals surface area contributed by atoms with Crippen molar-refractivity contribution in [3.63, 3.8) is 0 Å². The van der Waals surface area contributed by atoms with E-state index >= 15 is 0 Å². The number of benzene rings is 1. The lowest BCUT2D eigenvalue weighted by Gasteiger charge is -2.17. The Labute approximate surface area is 219 Å². The van der Waals surface area contributed by atoms with Crippen molar-refractivity contribution < 1.29 is 40.3 Å². The molecule has 1 aromatic carbocycles. The van der Waals surface area contributed by atoms with E-state index in [2.05, 4.69) is 15.4 Å². The number of carbonyl (C=O) groups excluding carboxylic acids is 2. The van der Waals surface area contributed by atoms with E-state index in [1.165, 1.54) is 12.1 Å². The summed E-state index contributed by atoms with van der Waals surface area (Å²) in [7, 11) is 0. The van der Waals surface area contributed by atoms with Crippen LogP contribution in [0.1, 0.15) is 58.1 Å². The molecule has 0 aliphatic rings. The predicted octanol–water partition coefficient (Wildman–Crippen LogP) is 6.66. The van der Waals surface area contributed by atoms with Gasteiger partial charge in [-0.15, -0.1) is 11.3 Å². The number of nitrogens with one attached hydrogen (secondary N) is 1. The maximum atomic E-state index is 13.7. The highest BCUT2D eigenvalue weighted by atomic mass is 32.1. The van der Waals surface area contributed by atoms with E-state index in [-0.39, 0.29) is 26.3 Å². The number of halogens is 7. The summed E-state index contributed by atoms with van der Waals surface area (Å²) < 4.78 is 94.6. The number of aromatic nitrogens is 3. The number of nitrogens with zero attached hydrogens (tertiary/aromatic N) is 3. The topological polar surface area (TPSA) is 103 Å². The number of hydrogen-bond acceptors (Lipinski definition) is 5. The van der Waals surface area contributed by atoms with Crippen LogP contribution in [0.4, 0.5) is 36.4 Å². The van der Waals surface area contributed by atoms with Crippen molar-refractivity contribution in [2.24, 2.45) is 5.73 Å². The smallest absolute Gasteiger partial charge is 0.365 e. The molecule has 3 N–H and O–H groups in total. The van der Waals surface area contributed by atoms with Crippen molar-refractivity contribution in [1.82, 2.24) is 14.8 Å². The number of amides is 2. The summed E-state index contributed by atoms with van der Waals surface area (Å²) in [4.78, 5) is 28.4. The van der Waals surface area contributed by atoms with Crippen LogP contribution in [-0.2, 0) is 11.0 Å². The van der Waals surface area contributed by atoms with Crippen LogP contribution in [0.25, 0.3) is 21.3 Å². The molecule has 0 fully saturated rings. The van der Waals surface area contributed by atoms with Gasteiger partial charge in [-0.3, -0.25) is 14.3 Å². The number of primary amides is 1. The van der Waals surface area contributed by atoms with Crippen molar-refractivity contribution in [2.75, 3.05) is 5.32 Å². The normalized spacial score (nSPS) is 12.9. The summed E-state index contributed by atoms with van der Waals surface area (Å²) in [5.41, 5.74) is 3.03. The van der Waals surface area contributed by atoms with Gasteiger partial charge in [0.05, 0.1) is 5.69 Å². The molecule has 0 spiro atoms. The second-order valence-corrected chi connectivity index (χ2v) is 9.47. The Balaban J connectivity index is 1.89. The third-order valence-electron chi connectivity index (χ3n) is 5.76. The molecule has 7 nitrogen and oxygen atoms in total. The summed E-state index contributed by atoms with van der Waals surface area (Å²) in [6.07, 6.45) is -11.3. The monoisotopic (exact) mass is 573 g/mol. The fourth-order valence-corrected chi connectivity index (χ4v) is 4.85. The summed E-state index contributed by atoms with van der Waals surface area (Å²) in [5.74, 6) is -2.17. The van der Waals surface area contributed by atoms with Gasteiger partial charge in [-0.1, -0.05) is 29.8 Å². The largest absolute Gasteiger partial charge is 0.433 e. The first-order valence-corrected chi connectivity index (χ1v) is 11.9. The van der Waals surface area contributed by atoms with E-state index < -0.39 is 54.0 Å². The zero-order valence-electron chi connectivity index (χ0n) is 20.0. The molecule has 39 heavy (non-hydrogen) atoms. The van der Waals surface area contributed by atoms with Crippen LogP contribution in [-0.4, -0.2) is 26.6 Å². The third-order valence-corrected chi connectivity index (χ3v) is 6.86. The molecule has 15 heteroatoms. The number of thiophene rings is 1. The molecule has 0 radical (unpaired) electrons. The molecule has 2 amide bonds. The zero-order chi connectivity index (χ0) is 28.8. The lowest BCUT2D eigenvalue weighted by molar-refractivity contribution is -0.140. The molecule has 0 bridgehead atoms. The molecule has 3 heterocycles. The van der Waals surface area contributed by atoms with Gasteiger partial charge in [0.15, 0.2) is 0 Å². The number of alkyl halides is 7. The average Bonchev–Trinajstić information content (AvgIpc) is 3.46. The first kappa shape index (κ1) is 28.0. The molecule has 1 unspecified atom stereocenters. The number of pyridine rings is 1. The molecule has 4 aromatic rings. The van der Waals surface area contributed by atoms with Crippen LogP contribution < -0.4 is 11.1 Å². The Kier molecular flexibility index (Phi) is 7.38. The lowest BCUT2D eigenvalue weighted by Crippen LogP contribution is -2.27. The molecule has 206 valence electrons. The van der Waals surface area contributed by atoms with Crippen LogP contribution in [0, 0.1) is 6.92 Å². The van der Waals surface area contributed by atoms with Gasteiger partial charge in [0.25, 0.3) is 18.8 Å². The first-order chi connectivity index (χ1) is 18.2. The van der Waals surface area contributed by atoms with Gasteiger partial charge in [-0.25, -0.2) is 22.5 Å². The van der Waals surface area contributed by atoms with Crippen molar-refractivity contribution in [2.45, 2.75) is 38.9 Å². The molecule has 4 rings (SSSR count). The standard InChI is InChI=1S/C24H18F7N5O2S/c1-9-3-5-11(6-4-9)12-7-15(24(29,30)31)33-23-16(12)17(18(39-23)21(32)37)34-22(38)10(2)36-14(20(27)28)8-13(35-36)19(25)26/h3-8,10,19-20H,1-2H3,(H2,32,37)(H,34,38). The van der Waals surface area contributed by atoms with Crippen LogP contribution in [0.2, 0.25) is 0 Å². The van der Waals surface area contributed by atoms with E-state index in [4.69, 9.17) is 5.73 Å². The maximum absolute atomic E-state index is 13.7. The van der Waals surface area contributed by atoms with Crippen molar-refractivity contribution in [1.29, 1.82) is 0 Å². The van der Waals surface area contributed by atoms with Gasteiger partial charge < -0.3 is 11.1 Å². The minimum absolute atomic E-state index is 0.0358. The van der Waals surface area contributed by atoms with Crippen LogP contribution in [0.15, 0.2) is 36.4 Å². The van der Waals surface area contributed by atoms with Crippen LogP contribution in [0.3, 0.4) is 0 Å². The predicted molar refractivity (Wildman–Crippen MR) is 129 cm³/mol. The fourth-order valence-electron chi connectivity index (χ4n) is 3.84. The fraction of sp³-hybridized carbons (Fsp3) is 0.250. The van der Waals surface area contributed by atoms with Crippen molar-refractivity contribution in [3.8, 4) is 11.1 Å². The highest BCUT2D eigenvalue weighted by Gasteiger charge is 2.35. The van der Waals surface area contributed by atoms with Gasteiger partial charge in [-0.05, 0) is 37.1 Å². The summed E-state index contributed by atoms with van der Waals surface area (Å²) >= 11 is 0.498. The quantitative estimate of drug-likeness (QED) is 0.241. The molecular formula is C24H18F7N5O2S. The Hall–Kier alpha value is -4.01. The number of fused-ring (bicyclic) bond motifs is 1. The van der Waals surface area contributed by atoms with Gasteiger partial charge >= 0.3 is 6.18 Å². The maximum Gasteiger partial charge on any atom is 0.433 e. The molecule has 0 aliphatic heterocycles. The minimum atomic E-state index is -4.85. The molecule has 1 atom stereocenters. The molecular weight excluding hydrogens is 555 g/mol. The summed E-state index contributed by atoms with van der Waals surface area (Å²) in [6, 6.07) is 5.96. The van der Waals surface area contributed by atoms with E-state index in [9.17, 15) is 40.3 Å². The van der Waals surface area contributed by atoms with Crippen molar-refractivity contribution in [3.05, 3.63) is 63.9 Å². The van der Waals surface area contributed by atoms with Crippen LogP contribution in [0.5, 0.6) is 0 Å². The number of aryl methyl sites for hydroxylation is 1. The SMILES string of the molecule is Cc1ccc(-c2cc(C(F)(F)F)nc3sc(C(N)=O)c(NC(=O)C(C)n4nc(C(F)F)cc4C(F)F)c23)cc1. The molecule has 0 saturated heterocycles.